The van der Waals surface area contributed by atoms with E-state index in [0.29, 0.717) is 17.9 Å². The number of nitrogens with one attached hydrogen (secondary N) is 1. The summed E-state index contributed by atoms with van der Waals surface area (Å²) in [6.45, 7) is 3.59. The summed E-state index contributed by atoms with van der Waals surface area (Å²) in [7, 11) is 0. The predicted molar refractivity (Wildman–Crippen MR) is 105 cm³/mol. The number of carbonyl (C=O) groups excluding carboxylic acids is 1. The van der Waals surface area contributed by atoms with Crippen LogP contribution in [0.3, 0.4) is 0 Å². The Bertz CT molecular complexity index is 948. The zero-order valence-electron chi connectivity index (χ0n) is 15.8. The van der Waals surface area contributed by atoms with E-state index in [9.17, 15) is 13.6 Å². The van der Waals surface area contributed by atoms with Gasteiger partial charge in [0.15, 0.2) is 6.10 Å². The van der Waals surface area contributed by atoms with Crippen molar-refractivity contribution in [3.05, 3.63) is 66.1 Å². The Balaban J connectivity index is 1.60. The van der Waals surface area contributed by atoms with E-state index in [0.717, 1.165) is 11.8 Å². The monoisotopic (exact) mass is 419 g/mol. The van der Waals surface area contributed by atoms with Crippen LogP contribution >= 0.6 is 11.8 Å². The minimum absolute atomic E-state index is 0.232. The lowest BCUT2D eigenvalue weighted by atomic mass is 10.2. The molecule has 1 aromatic heterocycles. The van der Waals surface area contributed by atoms with Crippen molar-refractivity contribution in [2.45, 2.75) is 36.8 Å². The highest BCUT2D eigenvalue weighted by Gasteiger charge is 2.23. The number of carbonyl (C=O) groups is 1. The van der Waals surface area contributed by atoms with E-state index in [-0.39, 0.29) is 28.7 Å². The molecule has 1 amide bonds. The maximum absolute atomic E-state index is 13.0. The molecule has 0 fully saturated rings. The van der Waals surface area contributed by atoms with E-state index in [1.807, 2.05) is 6.92 Å². The van der Waals surface area contributed by atoms with Crippen molar-refractivity contribution >= 4 is 23.4 Å². The van der Waals surface area contributed by atoms with E-state index >= 15 is 0 Å². The summed E-state index contributed by atoms with van der Waals surface area (Å²) in [6.07, 6.45) is -0.0211. The molecule has 29 heavy (non-hydrogen) atoms. The fourth-order valence-corrected chi connectivity index (χ4v) is 3.20. The van der Waals surface area contributed by atoms with Gasteiger partial charge in [-0.2, -0.15) is 0 Å². The fourth-order valence-electron chi connectivity index (χ4n) is 2.40. The lowest BCUT2D eigenvalue weighted by Crippen LogP contribution is -2.24. The van der Waals surface area contributed by atoms with Crippen molar-refractivity contribution in [3.8, 4) is 5.75 Å². The number of thioether (sulfide) groups is 1. The minimum Gasteiger partial charge on any atom is -0.481 e. The van der Waals surface area contributed by atoms with Gasteiger partial charge in [-0.15, -0.1) is 10.2 Å². The molecule has 152 valence electrons. The standard InChI is InChI=1S/C20H19F2N3O3S/c1-3-17(18(26)23-15-8-4-13(21)5-9-15)29-20-25-24-19(28-20)12(2)27-16-10-6-14(22)7-11-16/h4-12,17H,3H2,1-2H3,(H,23,26). The van der Waals surface area contributed by atoms with E-state index in [2.05, 4.69) is 15.5 Å². The summed E-state index contributed by atoms with van der Waals surface area (Å²) < 4.78 is 37.2. The van der Waals surface area contributed by atoms with Gasteiger partial charge in [-0.25, -0.2) is 8.78 Å². The lowest BCUT2D eigenvalue weighted by molar-refractivity contribution is -0.115. The largest absolute Gasteiger partial charge is 0.481 e. The first-order valence-electron chi connectivity index (χ1n) is 8.93. The summed E-state index contributed by atoms with van der Waals surface area (Å²) >= 11 is 1.13. The first-order valence-corrected chi connectivity index (χ1v) is 9.81. The van der Waals surface area contributed by atoms with E-state index in [4.69, 9.17) is 9.15 Å². The van der Waals surface area contributed by atoms with Crippen LogP contribution < -0.4 is 10.1 Å². The maximum Gasteiger partial charge on any atom is 0.277 e. The smallest absolute Gasteiger partial charge is 0.277 e. The second kappa shape index (κ2) is 9.51. The van der Waals surface area contributed by atoms with Gasteiger partial charge in [0.05, 0.1) is 5.25 Å². The highest BCUT2D eigenvalue weighted by atomic mass is 32.2. The summed E-state index contributed by atoms with van der Waals surface area (Å²) in [4.78, 5) is 12.5. The van der Waals surface area contributed by atoms with Crippen LogP contribution in [0, 0.1) is 11.6 Å². The number of anilines is 1. The van der Waals surface area contributed by atoms with Crippen LogP contribution in [0.5, 0.6) is 5.75 Å². The quantitative estimate of drug-likeness (QED) is 0.518. The third-order valence-electron chi connectivity index (χ3n) is 3.91. The van der Waals surface area contributed by atoms with Crippen LogP contribution in [0.15, 0.2) is 58.2 Å². The fraction of sp³-hybridized carbons (Fsp3) is 0.250. The lowest BCUT2D eigenvalue weighted by Gasteiger charge is -2.13. The number of hydrogen-bond acceptors (Lipinski definition) is 6. The Morgan fingerprint density at radius 2 is 1.72 bits per heavy atom. The molecule has 0 saturated carbocycles. The molecule has 1 heterocycles. The number of benzene rings is 2. The van der Waals surface area contributed by atoms with Crippen molar-refractivity contribution in [1.29, 1.82) is 0 Å². The molecule has 0 aliphatic rings. The van der Waals surface area contributed by atoms with Crippen molar-refractivity contribution < 1.29 is 22.7 Å². The molecule has 0 bridgehead atoms. The number of halogens is 2. The van der Waals surface area contributed by atoms with Crippen molar-refractivity contribution in [3.63, 3.8) is 0 Å². The number of aromatic nitrogens is 2. The first-order chi connectivity index (χ1) is 13.9. The Hall–Kier alpha value is -2.94. The molecule has 0 radical (unpaired) electrons. The highest BCUT2D eigenvalue weighted by Crippen LogP contribution is 2.28. The zero-order chi connectivity index (χ0) is 20.8. The molecule has 3 rings (SSSR count). The number of amides is 1. The maximum atomic E-state index is 13.0. The SMILES string of the molecule is CCC(Sc1nnc(C(C)Oc2ccc(F)cc2)o1)C(=O)Nc1ccc(F)cc1. The Morgan fingerprint density at radius 3 is 2.34 bits per heavy atom. The summed E-state index contributed by atoms with van der Waals surface area (Å²) in [5.41, 5.74) is 0.503. The average molecular weight is 419 g/mol. The molecule has 3 aromatic rings. The van der Waals surface area contributed by atoms with Gasteiger partial charge in [-0.3, -0.25) is 4.79 Å². The number of rotatable bonds is 8. The van der Waals surface area contributed by atoms with Crippen molar-refractivity contribution in [1.82, 2.24) is 10.2 Å². The normalized spacial score (nSPS) is 13.0. The molecule has 2 unspecified atom stereocenters. The molecular formula is C20H19F2N3O3S. The molecule has 0 aliphatic carbocycles. The van der Waals surface area contributed by atoms with Crippen LogP contribution in [0.4, 0.5) is 14.5 Å². The second-order valence-corrected chi connectivity index (χ2v) is 7.29. The molecular weight excluding hydrogens is 400 g/mol. The summed E-state index contributed by atoms with van der Waals surface area (Å²) in [6, 6.07) is 11.1. The molecule has 2 aromatic carbocycles. The van der Waals surface area contributed by atoms with Crippen LogP contribution in [0.1, 0.15) is 32.3 Å². The van der Waals surface area contributed by atoms with E-state index < -0.39 is 11.4 Å². The number of ether oxygens (including phenoxy) is 1. The molecule has 6 nitrogen and oxygen atoms in total. The van der Waals surface area contributed by atoms with Crippen molar-refractivity contribution in [2.75, 3.05) is 5.32 Å². The topological polar surface area (TPSA) is 77.2 Å². The van der Waals surface area contributed by atoms with Gasteiger partial charge < -0.3 is 14.5 Å². The van der Waals surface area contributed by atoms with Crippen LogP contribution in [-0.4, -0.2) is 21.4 Å². The van der Waals surface area contributed by atoms with Crippen molar-refractivity contribution in [2.24, 2.45) is 0 Å². The second-order valence-electron chi connectivity index (χ2n) is 6.13. The molecule has 1 N–H and O–H groups in total. The molecule has 2 atom stereocenters. The molecule has 0 aliphatic heterocycles. The summed E-state index contributed by atoms with van der Waals surface area (Å²) in [5.74, 6) is -0.271. The molecule has 0 saturated heterocycles. The van der Waals surface area contributed by atoms with Gasteiger partial charge >= 0.3 is 0 Å². The third kappa shape index (κ3) is 5.77. The Morgan fingerprint density at radius 1 is 1.10 bits per heavy atom. The van der Waals surface area contributed by atoms with Crippen LogP contribution in [0.2, 0.25) is 0 Å². The number of hydrogen-bond donors (Lipinski definition) is 1. The Labute approximate surface area is 170 Å². The molecule has 9 heteroatoms. The number of nitrogens with zero attached hydrogens (tertiary/aromatic N) is 2. The van der Waals surface area contributed by atoms with E-state index in [1.165, 1.54) is 48.5 Å². The summed E-state index contributed by atoms with van der Waals surface area (Å²) in [5, 5.41) is 10.4. The van der Waals surface area contributed by atoms with Gasteiger partial charge in [-0.1, -0.05) is 18.7 Å². The molecule has 0 spiro atoms. The predicted octanol–water partition coefficient (Wildman–Crippen LogP) is 5.00. The van der Waals surface area contributed by atoms with Gasteiger partial charge in [-0.05, 0) is 61.9 Å². The third-order valence-corrected chi connectivity index (χ3v) is 5.11. The van der Waals surface area contributed by atoms with Gasteiger partial charge in [0, 0.05) is 5.69 Å². The highest BCUT2D eigenvalue weighted by molar-refractivity contribution is 8.00. The first kappa shape index (κ1) is 20.8. The van der Waals surface area contributed by atoms with Gasteiger partial charge in [0.2, 0.25) is 5.91 Å². The van der Waals surface area contributed by atoms with Gasteiger partial charge in [0.1, 0.15) is 17.4 Å². The zero-order valence-corrected chi connectivity index (χ0v) is 16.6. The van der Waals surface area contributed by atoms with Crippen LogP contribution in [-0.2, 0) is 4.79 Å². The van der Waals surface area contributed by atoms with Gasteiger partial charge in [0.25, 0.3) is 11.1 Å². The van der Waals surface area contributed by atoms with E-state index in [1.54, 1.807) is 6.92 Å². The minimum atomic E-state index is -0.546. The Kier molecular flexibility index (Phi) is 6.82. The van der Waals surface area contributed by atoms with Crippen LogP contribution in [0.25, 0.3) is 0 Å². The average Bonchev–Trinajstić information content (AvgIpc) is 3.18.